The van der Waals surface area contributed by atoms with Gasteiger partial charge in [-0.3, -0.25) is 4.90 Å². The molecule has 1 N–H and O–H groups in total. The van der Waals surface area contributed by atoms with Crippen molar-refractivity contribution in [1.29, 1.82) is 0 Å². The van der Waals surface area contributed by atoms with Crippen LogP contribution < -0.4 is 5.32 Å². The van der Waals surface area contributed by atoms with Gasteiger partial charge in [0.15, 0.2) is 0 Å². The van der Waals surface area contributed by atoms with Crippen molar-refractivity contribution in [3.63, 3.8) is 0 Å². The molecule has 0 aromatic carbocycles. The highest BCUT2D eigenvalue weighted by molar-refractivity contribution is 4.71. The van der Waals surface area contributed by atoms with Gasteiger partial charge in [0.1, 0.15) is 0 Å². The van der Waals surface area contributed by atoms with Gasteiger partial charge >= 0.3 is 0 Å². The Morgan fingerprint density at radius 3 is 1.89 bits per heavy atom. The Kier molecular flexibility index (Phi) is 12.7. The molecular formula is C15H34N2O2. The molecule has 0 heterocycles. The number of rotatable bonds is 13. The second kappa shape index (κ2) is 12.9. The Labute approximate surface area is 119 Å². The van der Waals surface area contributed by atoms with Crippen molar-refractivity contribution in [1.82, 2.24) is 10.2 Å². The van der Waals surface area contributed by atoms with Gasteiger partial charge in [-0.1, -0.05) is 6.92 Å². The molecule has 0 aliphatic rings. The first-order valence-electron chi connectivity index (χ1n) is 7.78. The molecule has 0 aromatic heterocycles. The zero-order chi connectivity index (χ0) is 14.5. The van der Waals surface area contributed by atoms with Gasteiger partial charge < -0.3 is 14.8 Å². The highest BCUT2D eigenvalue weighted by Gasteiger charge is 2.14. The first-order valence-corrected chi connectivity index (χ1v) is 7.78. The van der Waals surface area contributed by atoms with E-state index in [1.54, 1.807) is 0 Å². The molecule has 4 nitrogen and oxygen atoms in total. The normalized spacial score (nSPS) is 14.8. The van der Waals surface area contributed by atoms with E-state index in [4.69, 9.17) is 9.47 Å². The third-order valence-electron chi connectivity index (χ3n) is 3.45. The lowest BCUT2D eigenvalue weighted by Crippen LogP contribution is -2.45. The van der Waals surface area contributed by atoms with Crippen molar-refractivity contribution in [2.45, 2.75) is 53.1 Å². The molecule has 0 spiro atoms. The Balaban J connectivity index is 4.03. The topological polar surface area (TPSA) is 33.7 Å². The smallest absolute Gasteiger partial charge is 0.0593 e. The van der Waals surface area contributed by atoms with Crippen LogP contribution in [0.1, 0.15) is 41.0 Å². The van der Waals surface area contributed by atoms with Crippen molar-refractivity contribution in [2.24, 2.45) is 0 Å². The number of ether oxygens (including phenoxy) is 2. The van der Waals surface area contributed by atoms with E-state index in [0.717, 1.165) is 46.1 Å². The molecule has 0 rings (SSSR count). The van der Waals surface area contributed by atoms with Crippen LogP contribution in [0.15, 0.2) is 0 Å². The fraction of sp³-hybridized carbons (Fsp3) is 1.00. The van der Waals surface area contributed by atoms with E-state index >= 15 is 0 Å². The minimum absolute atomic E-state index is 0.509. The highest BCUT2D eigenvalue weighted by atomic mass is 16.5. The molecule has 0 aliphatic carbocycles. The Hall–Kier alpha value is -0.160. The highest BCUT2D eigenvalue weighted by Crippen LogP contribution is 2.00. The number of nitrogens with one attached hydrogen (secondary N) is 1. The van der Waals surface area contributed by atoms with Crippen LogP contribution in [-0.4, -0.2) is 63.0 Å². The minimum Gasteiger partial charge on any atom is -0.380 e. The molecule has 0 bridgehead atoms. The van der Waals surface area contributed by atoms with Gasteiger partial charge in [0.05, 0.1) is 13.2 Å². The summed E-state index contributed by atoms with van der Waals surface area (Å²) >= 11 is 0. The predicted molar refractivity (Wildman–Crippen MR) is 81.8 cm³/mol. The Morgan fingerprint density at radius 1 is 0.947 bits per heavy atom. The molecule has 2 unspecified atom stereocenters. The van der Waals surface area contributed by atoms with Crippen molar-refractivity contribution in [2.75, 3.05) is 46.1 Å². The molecule has 116 valence electrons. The SMILES string of the molecule is CCOCCN(CCOCC)C(C)CNC(C)CC. The summed E-state index contributed by atoms with van der Waals surface area (Å²) in [5, 5.41) is 3.57. The van der Waals surface area contributed by atoms with Crippen LogP contribution in [0.2, 0.25) is 0 Å². The summed E-state index contributed by atoms with van der Waals surface area (Å²) in [6, 6.07) is 1.10. The van der Waals surface area contributed by atoms with Gasteiger partial charge in [-0.15, -0.1) is 0 Å². The van der Waals surface area contributed by atoms with E-state index in [9.17, 15) is 0 Å². The van der Waals surface area contributed by atoms with E-state index in [1.165, 1.54) is 6.42 Å². The Bertz CT molecular complexity index is 181. The molecule has 4 heteroatoms. The third kappa shape index (κ3) is 10.3. The minimum atomic E-state index is 0.509. The summed E-state index contributed by atoms with van der Waals surface area (Å²) in [4.78, 5) is 2.45. The summed E-state index contributed by atoms with van der Waals surface area (Å²) in [7, 11) is 0. The van der Waals surface area contributed by atoms with Crippen LogP contribution in [0.3, 0.4) is 0 Å². The van der Waals surface area contributed by atoms with Gasteiger partial charge in [-0.2, -0.15) is 0 Å². The van der Waals surface area contributed by atoms with Crippen LogP contribution >= 0.6 is 0 Å². The summed E-state index contributed by atoms with van der Waals surface area (Å²) in [6.45, 7) is 17.0. The third-order valence-corrected chi connectivity index (χ3v) is 3.45. The van der Waals surface area contributed by atoms with E-state index in [0.29, 0.717) is 12.1 Å². The molecule has 0 saturated carbocycles. The van der Waals surface area contributed by atoms with Crippen LogP contribution in [-0.2, 0) is 9.47 Å². The lowest BCUT2D eigenvalue weighted by atomic mass is 10.2. The number of nitrogens with zero attached hydrogens (tertiary/aromatic N) is 1. The second-order valence-corrected chi connectivity index (χ2v) is 5.00. The van der Waals surface area contributed by atoms with E-state index in [1.807, 2.05) is 13.8 Å². The lowest BCUT2D eigenvalue weighted by molar-refractivity contribution is 0.0656. The number of hydrogen-bond donors (Lipinski definition) is 1. The fourth-order valence-electron chi connectivity index (χ4n) is 1.85. The summed E-state index contributed by atoms with van der Waals surface area (Å²) in [6.07, 6.45) is 1.17. The van der Waals surface area contributed by atoms with Crippen molar-refractivity contribution in [3.05, 3.63) is 0 Å². The quantitative estimate of drug-likeness (QED) is 0.522. The van der Waals surface area contributed by atoms with E-state index < -0.39 is 0 Å². The molecule has 0 radical (unpaired) electrons. The maximum absolute atomic E-state index is 5.46. The molecule has 0 aliphatic heterocycles. The van der Waals surface area contributed by atoms with Gasteiger partial charge in [0.2, 0.25) is 0 Å². The van der Waals surface area contributed by atoms with E-state index in [2.05, 4.69) is 31.0 Å². The second-order valence-electron chi connectivity index (χ2n) is 5.00. The standard InChI is InChI=1S/C15H34N2O2/c1-6-14(4)16-13-15(5)17(9-11-18-7-2)10-12-19-8-3/h14-16H,6-13H2,1-5H3. The zero-order valence-corrected chi connectivity index (χ0v) is 13.6. The van der Waals surface area contributed by atoms with Crippen LogP contribution in [0, 0.1) is 0 Å². The summed E-state index contributed by atoms with van der Waals surface area (Å²) in [5.41, 5.74) is 0. The van der Waals surface area contributed by atoms with Gasteiger partial charge in [0, 0.05) is 44.9 Å². The monoisotopic (exact) mass is 274 g/mol. The first-order chi connectivity index (χ1) is 9.15. The maximum atomic E-state index is 5.46. The maximum Gasteiger partial charge on any atom is 0.0593 e. The predicted octanol–water partition coefficient (Wildman–Crippen LogP) is 2.14. The fourth-order valence-corrected chi connectivity index (χ4v) is 1.85. The molecule has 0 aromatic rings. The summed E-state index contributed by atoms with van der Waals surface area (Å²) < 4.78 is 10.9. The van der Waals surface area contributed by atoms with Crippen LogP contribution in [0.5, 0.6) is 0 Å². The average Bonchev–Trinajstić information content (AvgIpc) is 2.43. The van der Waals surface area contributed by atoms with Gasteiger partial charge in [0.25, 0.3) is 0 Å². The molecule has 2 atom stereocenters. The van der Waals surface area contributed by atoms with Crippen molar-refractivity contribution < 1.29 is 9.47 Å². The van der Waals surface area contributed by atoms with Crippen molar-refractivity contribution >= 4 is 0 Å². The van der Waals surface area contributed by atoms with E-state index in [-0.39, 0.29) is 0 Å². The van der Waals surface area contributed by atoms with Crippen LogP contribution in [0.4, 0.5) is 0 Å². The molecule has 0 amide bonds. The molecular weight excluding hydrogens is 240 g/mol. The molecule has 0 saturated heterocycles. The zero-order valence-electron chi connectivity index (χ0n) is 13.6. The average molecular weight is 274 g/mol. The van der Waals surface area contributed by atoms with Crippen LogP contribution in [0.25, 0.3) is 0 Å². The van der Waals surface area contributed by atoms with Gasteiger partial charge in [-0.25, -0.2) is 0 Å². The molecule has 0 fully saturated rings. The lowest BCUT2D eigenvalue weighted by Gasteiger charge is -2.30. The number of hydrogen-bond acceptors (Lipinski definition) is 4. The summed E-state index contributed by atoms with van der Waals surface area (Å²) in [5.74, 6) is 0. The Morgan fingerprint density at radius 2 is 1.47 bits per heavy atom. The van der Waals surface area contributed by atoms with Crippen molar-refractivity contribution in [3.8, 4) is 0 Å². The van der Waals surface area contributed by atoms with Gasteiger partial charge in [-0.05, 0) is 34.1 Å². The molecule has 19 heavy (non-hydrogen) atoms. The largest absolute Gasteiger partial charge is 0.380 e. The first kappa shape index (κ1) is 18.8.